The number of aromatic nitrogens is 2. The van der Waals surface area contributed by atoms with E-state index in [2.05, 4.69) is 238 Å². The highest BCUT2D eigenvalue weighted by molar-refractivity contribution is 6.11. The molecule has 12 rings (SSSR count). The van der Waals surface area contributed by atoms with Gasteiger partial charge in [0.2, 0.25) is 0 Å². The first kappa shape index (κ1) is 32.6. The summed E-state index contributed by atoms with van der Waals surface area (Å²) < 4.78 is 4.81. The summed E-state index contributed by atoms with van der Waals surface area (Å²) >= 11 is 0. The normalized spacial score (nSPS) is 13.3. The fraction of sp³-hybridized carbons (Fsp3) is 0.0182. The second-order valence-electron chi connectivity index (χ2n) is 15.3. The van der Waals surface area contributed by atoms with Crippen LogP contribution in [0.25, 0.3) is 55.0 Å². The molecule has 9 aromatic carbocycles. The summed E-state index contributed by atoms with van der Waals surface area (Å²) in [6.45, 7) is 0. The highest BCUT2D eigenvalue weighted by atomic mass is 15.2. The Labute approximate surface area is 336 Å². The average molecular weight is 740 g/mol. The summed E-state index contributed by atoms with van der Waals surface area (Å²) in [7, 11) is 0. The van der Waals surface area contributed by atoms with E-state index in [0.29, 0.717) is 0 Å². The van der Waals surface area contributed by atoms with Gasteiger partial charge in [-0.15, -0.1) is 0 Å². The van der Waals surface area contributed by atoms with Crippen molar-refractivity contribution >= 4 is 60.7 Å². The molecule has 3 heterocycles. The monoisotopic (exact) mass is 739 g/mol. The van der Waals surface area contributed by atoms with E-state index in [1.54, 1.807) is 0 Å². The highest BCUT2D eigenvalue weighted by Gasteiger charge is 2.46. The average Bonchev–Trinajstić information content (AvgIpc) is 3.81. The molecule has 272 valence electrons. The Morgan fingerprint density at radius 2 is 0.741 bits per heavy atom. The molecule has 0 saturated carbocycles. The van der Waals surface area contributed by atoms with Gasteiger partial charge in [0.05, 0.1) is 38.9 Å². The van der Waals surface area contributed by atoms with Crippen LogP contribution in [-0.4, -0.2) is 9.13 Å². The van der Waals surface area contributed by atoms with Crippen LogP contribution in [0, 0.1) is 0 Å². The van der Waals surface area contributed by atoms with Crippen LogP contribution in [0.3, 0.4) is 0 Å². The minimum atomic E-state index is -0.613. The van der Waals surface area contributed by atoms with Gasteiger partial charge in [-0.1, -0.05) is 152 Å². The topological polar surface area (TPSA) is 13.1 Å². The third-order valence-corrected chi connectivity index (χ3v) is 12.4. The Kier molecular flexibility index (Phi) is 7.14. The minimum absolute atomic E-state index is 0.613. The van der Waals surface area contributed by atoms with E-state index in [1.807, 2.05) is 0 Å². The number of fused-ring (bicyclic) bond motifs is 8. The number of nitrogens with zero attached hydrogens (tertiary/aromatic N) is 3. The molecule has 2 aromatic heterocycles. The first-order chi connectivity index (χ1) is 28.8. The second-order valence-corrected chi connectivity index (χ2v) is 15.3. The zero-order valence-corrected chi connectivity index (χ0v) is 31.7. The number of hydrogen-bond donors (Lipinski definition) is 0. The third-order valence-electron chi connectivity index (χ3n) is 12.4. The van der Waals surface area contributed by atoms with E-state index >= 15 is 0 Å². The van der Waals surface area contributed by atoms with Crippen LogP contribution in [0.15, 0.2) is 224 Å². The van der Waals surface area contributed by atoms with Gasteiger partial charge >= 0.3 is 0 Å². The van der Waals surface area contributed by atoms with E-state index in [4.69, 9.17) is 0 Å². The van der Waals surface area contributed by atoms with Crippen LogP contribution >= 0.6 is 0 Å². The molecule has 0 aliphatic carbocycles. The van der Waals surface area contributed by atoms with Crippen LogP contribution in [0.5, 0.6) is 0 Å². The molecule has 3 heteroatoms. The second kappa shape index (κ2) is 12.7. The molecule has 0 amide bonds. The molecule has 3 nitrogen and oxygen atoms in total. The SMILES string of the molecule is c1ccc(-n2c3ccccc3c3cc(C4(c5ccccc5)c5ccccc5N(c5ccc6c7ccccc7n(-c7ccccc7)c6c5)c5ccccc54)ccc32)cc1. The zero-order valence-electron chi connectivity index (χ0n) is 31.7. The lowest BCUT2D eigenvalue weighted by Crippen LogP contribution is -2.37. The van der Waals surface area contributed by atoms with Gasteiger partial charge in [0.15, 0.2) is 0 Å². The Morgan fingerprint density at radius 3 is 1.36 bits per heavy atom. The third kappa shape index (κ3) is 4.56. The van der Waals surface area contributed by atoms with Crippen molar-refractivity contribution in [1.82, 2.24) is 9.13 Å². The van der Waals surface area contributed by atoms with Crippen molar-refractivity contribution in [3.05, 3.63) is 247 Å². The summed E-state index contributed by atoms with van der Waals surface area (Å²) in [5.41, 5.74) is 14.9. The summed E-state index contributed by atoms with van der Waals surface area (Å²) in [4.78, 5) is 2.48. The van der Waals surface area contributed by atoms with Crippen LogP contribution in [0.1, 0.15) is 22.3 Å². The molecule has 0 unspecified atom stereocenters. The quantitative estimate of drug-likeness (QED) is 0.171. The summed E-state index contributed by atoms with van der Waals surface area (Å²) in [5, 5.41) is 4.97. The van der Waals surface area contributed by atoms with E-state index in [0.717, 1.165) is 17.1 Å². The number of benzene rings is 9. The predicted octanol–water partition coefficient (Wildman–Crippen LogP) is 14.0. The molecule has 11 aromatic rings. The van der Waals surface area contributed by atoms with Crippen molar-refractivity contribution in [3.63, 3.8) is 0 Å². The lowest BCUT2D eigenvalue weighted by atomic mass is 9.62. The van der Waals surface area contributed by atoms with Gasteiger partial charge in [-0.25, -0.2) is 0 Å². The zero-order chi connectivity index (χ0) is 38.2. The molecule has 0 spiro atoms. The lowest BCUT2D eigenvalue weighted by Gasteiger charge is -2.46. The van der Waals surface area contributed by atoms with Gasteiger partial charge in [0, 0.05) is 38.6 Å². The molecule has 0 radical (unpaired) electrons. The van der Waals surface area contributed by atoms with Gasteiger partial charge in [-0.05, 0) is 95.1 Å². The molecule has 0 N–H and O–H groups in total. The fourth-order valence-electron chi connectivity index (χ4n) is 10.0. The first-order valence-electron chi connectivity index (χ1n) is 20.0. The van der Waals surface area contributed by atoms with Gasteiger partial charge in [0.1, 0.15) is 0 Å². The van der Waals surface area contributed by atoms with Crippen molar-refractivity contribution in [2.45, 2.75) is 5.41 Å². The minimum Gasteiger partial charge on any atom is -0.310 e. The molecule has 0 saturated heterocycles. The molecular weight excluding hydrogens is 703 g/mol. The molecule has 0 fully saturated rings. The molecule has 1 aliphatic rings. The van der Waals surface area contributed by atoms with E-state index < -0.39 is 5.41 Å². The lowest BCUT2D eigenvalue weighted by molar-refractivity contribution is 0.732. The molecule has 58 heavy (non-hydrogen) atoms. The maximum Gasteiger partial charge on any atom is 0.0742 e. The van der Waals surface area contributed by atoms with E-state index in [-0.39, 0.29) is 0 Å². The van der Waals surface area contributed by atoms with Gasteiger partial charge in [-0.2, -0.15) is 0 Å². The van der Waals surface area contributed by atoms with Crippen molar-refractivity contribution in [1.29, 1.82) is 0 Å². The van der Waals surface area contributed by atoms with E-state index in [1.165, 1.54) is 77.2 Å². The molecule has 1 aliphatic heterocycles. The maximum atomic E-state index is 2.48. The number of para-hydroxylation sites is 6. The van der Waals surface area contributed by atoms with E-state index in [9.17, 15) is 0 Å². The van der Waals surface area contributed by atoms with Crippen molar-refractivity contribution in [2.24, 2.45) is 0 Å². The largest absolute Gasteiger partial charge is 0.310 e. The molecule has 0 bridgehead atoms. The Balaban J connectivity index is 1.15. The van der Waals surface area contributed by atoms with Crippen molar-refractivity contribution in [2.75, 3.05) is 4.90 Å². The summed E-state index contributed by atoms with van der Waals surface area (Å²) in [6, 6.07) is 82.4. The Morgan fingerprint density at radius 1 is 0.276 bits per heavy atom. The Bertz CT molecular complexity index is 3290. The van der Waals surface area contributed by atoms with Gasteiger partial charge in [-0.3, -0.25) is 0 Å². The van der Waals surface area contributed by atoms with Gasteiger partial charge in [0.25, 0.3) is 0 Å². The summed E-state index contributed by atoms with van der Waals surface area (Å²) in [6.07, 6.45) is 0. The van der Waals surface area contributed by atoms with Crippen molar-refractivity contribution in [3.8, 4) is 11.4 Å². The highest BCUT2D eigenvalue weighted by Crippen LogP contribution is 2.58. The maximum absolute atomic E-state index is 2.48. The Hall–Kier alpha value is -7.62. The number of rotatable bonds is 5. The van der Waals surface area contributed by atoms with Crippen LogP contribution < -0.4 is 4.90 Å². The number of hydrogen-bond acceptors (Lipinski definition) is 1. The van der Waals surface area contributed by atoms with Crippen LogP contribution in [-0.2, 0) is 5.41 Å². The number of anilines is 3. The smallest absolute Gasteiger partial charge is 0.0742 e. The molecule has 0 atom stereocenters. The van der Waals surface area contributed by atoms with Gasteiger partial charge < -0.3 is 14.0 Å². The predicted molar refractivity (Wildman–Crippen MR) is 242 cm³/mol. The standard InChI is InChI=1S/C55H37N3/c1-4-18-38(19-5-1)55(39-32-35-51-46(36-39)44-25-11-15-29-50(44)56(51)40-20-6-2-7-21-40)47-26-12-16-30-52(47)58(53-31-17-13-27-48(53)55)42-33-34-45-43-24-10-14-28-49(43)57(54(45)37-42)41-22-8-3-9-23-41/h1-37H. The van der Waals surface area contributed by atoms with Crippen molar-refractivity contribution < 1.29 is 0 Å². The summed E-state index contributed by atoms with van der Waals surface area (Å²) in [5.74, 6) is 0. The fourth-order valence-corrected chi connectivity index (χ4v) is 10.0. The molecular formula is C55H37N3. The first-order valence-corrected chi connectivity index (χ1v) is 20.0. The van der Waals surface area contributed by atoms with Crippen LogP contribution in [0.4, 0.5) is 17.1 Å². The van der Waals surface area contributed by atoms with Crippen LogP contribution in [0.2, 0.25) is 0 Å².